The lowest BCUT2D eigenvalue weighted by Gasteiger charge is -2.54. The molecule has 40 heavy (non-hydrogen) atoms. The van der Waals surface area contributed by atoms with Crippen molar-refractivity contribution in [1.29, 1.82) is 0 Å². The number of β-lactam (4-membered cyclic amide) rings is 1. The average molecular weight is 578 g/mol. The number of nitrogens with zero attached hydrogens (tertiary/aromatic N) is 4. The number of benzene rings is 1. The number of para-hydroxylation sites is 1. The van der Waals surface area contributed by atoms with Crippen molar-refractivity contribution in [2.75, 3.05) is 6.61 Å². The predicted molar refractivity (Wildman–Crippen MR) is 136 cm³/mol. The van der Waals surface area contributed by atoms with E-state index in [4.69, 9.17) is 14.4 Å². The third kappa shape index (κ3) is 4.67. The second-order valence-corrected chi connectivity index (χ2v) is 11.7. The van der Waals surface area contributed by atoms with Gasteiger partial charge in [0.1, 0.15) is 30.0 Å². The summed E-state index contributed by atoms with van der Waals surface area (Å²) in [5, 5.41) is 13.6. The Balaban J connectivity index is 1.46. The molecule has 15 nitrogen and oxygen atoms in total. The average Bonchev–Trinajstić information content (AvgIpc) is 3.32. The minimum atomic E-state index is -2.07. The SMILES string of the molecule is CC(=O)N[C@@]1(C(=O)OOC(=O)OCCn2c([N+](=O)[O-])cnc2C)N2C(=O)[C@@H](Oc3ccccc3)[C@@]2(C)SC1(C)C. The highest BCUT2D eigenvalue weighted by Crippen LogP contribution is 2.63. The second-order valence-electron chi connectivity index (χ2n) is 9.67. The summed E-state index contributed by atoms with van der Waals surface area (Å²) in [6.07, 6.45) is -1.33. The van der Waals surface area contributed by atoms with Crippen molar-refractivity contribution in [3.8, 4) is 5.75 Å². The van der Waals surface area contributed by atoms with Gasteiger partial charge in [-0.15, -0.1) is 11.8 Å². The van der Waals surface area contributed by atoms with E-state index in [1.807, 2.05) is 0 Å². The van der Waals surface area contributed by atoms with Crippen LogP contribution in [0.5, 0.6) is 5.75 Å². The lowest BCUT2D eigenvalue weighted by atomic mass is 9.85. The molecule has 214 valence electrons. The van der Waals surface area contributed by atoms with Crippen molar-refractivity contribution in [2.24, 2.45) is 0 Å². The molecule has 2 aliphatic rings. The first kappa shape index (κ1) is 28.7. The monoisotopic (exact) mass is 577 g/mol. The van der Waals surface area contributed by atoms with Gasteiger partial charge in [-0.3, -0.25) is 14.5 Å². The number of nitro groups is 1. The van der Waals surface area contributed by atoms with E-state index in [1.165, 1.54) is 30.2 Å². The van der Waals surface area contributed by atoms with E-state index in [-0.39, 0.29) is 19.0 Å². The van der Waals surface area contributed by atoms with Crippen molar-refractivity contribution >= 4 is 41.5 Å². The van der Waals surface area contributed by atoms with E-state index in [2.05, 4.69) is 15.2 Å². The highest BCUT2D eigenvalue weighted by atomic mass is 32.2. The molecule has 0 aliphatic carbocycles. The number of imidazole rings is 1. The number of rotatable bonds is 8. The van der Waals surface area contributed by atoms with Crippen molar-refractivity contribution < 1.29 is 43.4 Å². The number of aryl methyl sites for hydroxylation is 1. The van der Waals surface area contributed by atoms with E-state index in [9.17, 15) is 29.3 Å². The fraction of sp³-hybridized carbons (Fsp3) is 0.458. The molecule has 2 aromatic rings. The van der Waals surface area contributed by atoms with Crippen LogP contribution in [0.25, 0.3) is 0 Å². The van der Waals surface area contributed by atoms with E-state index in [1.54, 1.807) is 51.1 Å². The highest BCUT2D eigenvalue weighted by Gasteiger charge is 2.80. The molecule has 2 aliphatic heterocycles. The Kier molecular flexibility index (Phi) is 7.40. The van der Waals surface area contributed by atoms with E-state index >= 15 is 0 Å². The molecule has 1 N–H and O–H groups in total. The minimum Gasteiger partial charge on any atom is -0.477 e. The van der Waals surface area contributed by atoms with Crippen LogP contribution >= 0.6 is 11.8 Å². The Morgan fingerprint density at radius 1 is 1.18 bits per heavy atom. The van der Waals surface area contributed by atoms with Crippen molar-refractivity contribution in [3.63, 3.8) is 0 Å². The molecule has 3 atom stereocenters. The summed E-state index contributed by atoms with van der Waals surface area (Å²) in [6.45, 7) is 7.17. The van der Waals surface area contributed by atoms with Crippen LogP contribution in [-0.2, 0) is 35.4 Å². The van der Waals surface area contributed by atoms with Gasteiger partial charge in [-0.1, -0.05) is 18.2 Å². The largest absolute Gasteiger partial charge is 0.550 e. The molecule has 2 fully saturated rings. The zero-order valence-corrected chi connectivity index (χ0v) is 23.1. The van der Waals surface area contributed by atoms with E-state index in [0.29, 0.717) is 11.6 Å². The summed E-state index contributed by atoms with van der Waals surface area (Å²) in [7, 11) is 0. The van der Waals surface area contributed by atoms with Crippen LogP contribution in [0.4, 0.5) is 10.6 Å². The molecule has 0 radical (unpaired) electrons. The molecule has 16 heteroatoms. The highest BCUT2D eigenvalue weighted by molar-refractivity contribution is 8.02. The molecule has 1 aromatic heterocycles. The first-order valence-corrected chi connectivity index (χ1v) is 12.8. The first-order chi connectivity index (χ1) is 18.7. The number of nitrogens with one attached hydrogen (secondary N) is 1. The van der Waals surface area contributed by atoms with Gasteiger partial charge < -0.3 is 24.9 Å². The van der Waals surface area contributed by atoms with Crippen LogP contribution in [0.15, 0.2) is 36.5 Å². The van der Waals surface area contributed by atoms with Crippen LogP contribution < -0.4 is 10.1 Å². The van der Waals surface area contributed by atoms with Gasteiger partial charge in [-0.25, -0.2) is 24.1 Å². The van der Waals surface area contributed by atoms with Gasteiger partial charge in [0.15, 0.2) is 5.82 Å². The van der Waals surface area contributed by atoms with Crippen LogP contribution in [0, 0.1) is 17.0 Å². The summed E-state index contributed by atoms with van der Waals surface area (Å²) in [5.41, 5.74) is -2.07. The lowest BCUT2D eigenvalue weighted by molar-refractivity contribution is -0.392. The van der Waals surface area contributed by atoms with Crippen molar-refractivity contribution in [3.05, 3.63) is 52.5 Å². The molecular formula is C24H27N5O10S. The topological polar surface area (TPSA) is 181 Å². The van der Waals surface area contributed by atoms with Crippen molar-refractivity contribution in [2.45, 2.75) is 62.5 Å². The Morgan fingerprint density at radius 2 is 1.85 bits per heavy atom. The molecule has 0 spiro atoms. The zero-order chi connectivity index (χ0) is 29.5. The maximum atomic E-state index is 13.5. The summed E-state index contributed by atoms with van der Waals surface area (Å²) in [6, 6.07) is 8.66. The van der Waals surface area contributed by atoms with Crippen molar-refractivity contribution in [1.82, 2.24) is 19.8 Å². The van der Waals surface area contributed by atoms with E-state index < -0.39 is 50.2 Å². The lowest BCUT2D eigenvalue weighted by Crippen LogP contribution is -2.82. The third-order valence-corrected chi connectivity index (χ3v) is 8.25. The molecular weight excluding hydrogens is 550 g/mol. The number of thioether (sulfide) groups is 1. The maximum Gasteiger partial charge on any atom is 0.550 e. The van der Waals surface area contributed by atoms with Crippen LogP contribution in [0.1, 0.15) is 33.5 Å². The number of fused-ring (bicyclic) bond motifs is 1. The number of hydrogen-bond acceptors (Lipinski definition) is 12. The number of ether oxygens (including phenoxy) is 2. The Hall–Kier alpha value is -4.34. The maximum absolute atomic E-state index is 13.5. The molecule has 0 bridgehead atoms. The van der Waals surface area contributed by atoms with E-state index in [0.717, 1.165) is 11.1 Å². The molecule has 1 aromatic carbocycles. The van der Waals surface area contributed by atoms with Crippen LogP contribution in [0.2, 0.25) is 0 Å². The smallest absolute Gasteiger partial charge is 0.477 e. The molecule has 4 rings (SSSR count). The standard InChI is InChI=1S/C24H27N5O10S/c1-14-25-13-17(29(34)35)27(14)11-12-36-21(33)39-38-20(32)24(26-15(2)30)22(3,4)40-23(5)18(19(31)28(23)24)37-16-9-7-6-8-10-16/h6-10,13,18H,11-12H2,1-5H3,(H,26,30)/t18-,23-,24+/m1/s1. The number of carbonyl (C=O) groups excluding carboxylic acids is 4. The van der Waals surface area contributed by atoms with Gasteiger partial charge in [0.25, 0.3) is 5.91 Å². The molecule has 3 heterocycles. The summed E-state index contributed by atoms with van der Waals surface area (Å²) in [4.78, 5) is 75.0. The number of amides is 2. The molecule has 0 saturated carbocycles. The van der Waals surface area contributed by atoms with Gasteiger partial charge in [0, 0.05) is 13.8 Å². The second kappa shape index (κ2) is 10.3. The molecule has 2 amide bonds. The number of aromatic nitrogens is 2. The Bertz CT molecular complexity index is 1370. The summed E-state index contributed by atoms with van der Waals surface area (Å²) >= 11 is 1.21. The van der Waals surface area contributed by atoms with Gasteiger partial charge in [0.2, 0.25) is 17.7 Å². The summed E-state index contributed by atoms with van der Waals surface area (Å²) < 4.78 is 10.8. The normalized spacial score (nSPS) is 24.4. The van der Waals surface area contributed by atoms with Gasteiger partial charge in [0.05, 0.1) is 4.75 Å². The fourth-order valence-corrected chi connectivity index (χ4v) is 6.95. The van der Waals surface area contributed by atoms with Crippen LogP contribution in [-0.4, -0.2) is 71.3 Å². The van der Waals surface area contributed by atoms with Crippen LogP contribution in [0.3, 0.4) is 0 Å². The van der Waals surface area contributed by atoms with Gasteiger partial charge >= 0.3 is 17.9 Å². The number of hydrogen-bond donors (Lipinski definition) is 1. The zero-order valence-electron chi connectivity index (χ0n) is 22.2. The first-order valence-electron chi connectivity index (χ1n) is 12.0. The third-order valence-electron chi connectivity index (χ3n) is 6.63. The minimum absolute atomic E-state index is 0.117. The Labute approximate surface area is 232 Å². The van der Waals surface area contributed by atoms with Gasteiger partial charge in [-0.2, -0.15) is 4.79 Å². The fourth-order valence-electron chi connectivity index (χ4n) is 4.97. The number of carbonyl (C=O) groups is 4. The molecule has 0 unspecified atom stereocenters. The quantitative estimate of drug-likeness (QED) is 0.159. The predicted octanol–water partition coefficient (Wildman–Crippen LogP) is 2.07. The van der Waals surface area contributed by atoms with Gasteiger partial charge in [-0.05, 0) is 37.8 Å². The Morgan fingerprint density at radius 3 is 2.48 bits per heavy atom. The summed E-state index contributed by atoms with van der Waals surface area (Å²) in [5.74, 6) is -2.00. The molecule has 2 saturated heterocycles.